The predicted octanol–water partition coefficient (Wildman–Crippen LogP) is 2.05. The number of ether oxygens (including phenoxy) is 1. The van der Waals surface area contributed by atoms with Crippen LogP contribution in [0.1, 0.15) is 21.5 Å². The third-order valence-electron chi connectivity index (χ3n) is 3.55. The minimum absolute atomic E-state index is 0.154. The van der Waals surface area contributed by atoms with Crippen molar-refractivity contribution in [3.63, 3.8) is 0 Å². The Morgan fingerprint density at radius 1 is 1.39 bits per heavy atom. The van der Waals surface area contributed by atoms with Gasteiger partial charge in [-0.3, -0.25) is 4.79 Å². The molecule has 2 rings (SSSR count). The number of aliphatic hydroxyl groups is 1. The lowest BCUT2D eigenvalue weighted by Gasteiger charge is -2.26. The highest BCUT2D eigenvalue weighted by Crippen LogP contribution is 2.17. The van der Waals surface area contributed by atoms with Crippen molar-refractivity contribution in [3.05, 3.63) is 51.7 Å². The van der Waals surface area contributed by atoms with Gasteiger partial charge in [-0.25, -0.2) is 0 Å². The Labute approximate surface area is 140 Å². The minimum Gasteiger partial charge on any atom is -0.394 e. The lowest BCUT2D eigenvalue weighted by molar-refractivity contribution is 0.0458. The Hall–Kier alpha value is -1.73. The summed E-state index contributed by atoms with van der Waals surface area (Å²) >= 11 is 1.60. The van der Waals surface area contributed by atoms with E-state index in [0.29, 0.717) is 18.6 Å². The molecule has 4 N–H and O–H groups in total. The van der Waals surface area contributed by atoms with Gasteiger partial charge in [0, 0.05) is 18.3 Å². The number of anilines is 1. The van der Waals surface area contributed by atoms with E-state index >= 15 is 0 Å². The Morgan fingerprint density at radius 2 is 2.22 bits per heavy atom. The molecule has 0 aliphatic heterocycles. The second-order valence-corrected chi connectivity index (χ2v) is 6.43. The van der Waals surface area contributed by atoms with Gasteiger partial charge in [0.1, 0.15) is 6.29 Å². The third-order valence-corrected chi connectivity index (χ3v) is 4.28. The summed E-state index contributed by atoms with van der Waals surface area (Å²) < 4.78 is 5.70. The Bertz CT molecular complexity index is 631. The zero-order valence-corrected chi connectivity index (χ0v) is 13.9. The molecular formula is C17H22N2O3S. The Morgan fingerprint density at radius 3 is 2.83 bits per heavy atom. The normalized spacial score (nSPS) is 13.5. The highest BCUT2D eigenvalue weighted by Gasteiger charge is 2.25. The summed E-state index contributed by atoms with van der Waals surface area (Å²) in [6, 6.07) is 7.47. The smallest absolute Gasteiger partial charge is 0.150 e. The zero-order chi connectivity index (χ0) is 16.7. The summed E-state index contributed by atoms with van der Waals surface area (Å²) in [6.45, 7) is 0.414. The van der Waals surface area contributed by atoms with E-state index in [0.717, 1.165) is 23.1 Å². The van der Waals surface area contributed by atoms with Crippen molar-refractivity contribution in [2.75, 3.05) is 25.6 Å². The molecule has 23 heavy (non-hydrogen) atoms. The SMILES string of the molecule is CNc1cc(C=O)cc(COCC(N)(CO)Cc2ccsc2)c1. The molecule has 5 nitrogen and oxygen atoms in total. The van der Waals surface area contributed by atoms with Gasteiger partial charge in [0.05, 0.1) is 25.4 Å². The molecule has 0 fully saturated rings. The number of benzene rings is 1. The van der Waals surface area contributed by atoms with Gasteiger partial charge in [0.2, 0.25) is 0 Å². The van der Waals surface area contributed by atoms with Crippen LogP contribution >= 0.6 is 11.3 Å². The molecule has 6 heteroatoms. The number of carbonyl (C=O) groups is 1. The molecule has 1 atom stereocenters. The third kappa shape index (κ3) is 5.14. The summed E-state index contributed by atoms with van der Waals surface area (Å²) in [5.41, 5.74) is 8.84. The maximum absolute atomic E-state index is 11.0. The second-order valence-electron chi connectivity index (χ2n) is 5.65. The van der Waals surface area contributed by atoms with Crippen LogP contribution < -0.4 is 11.1 Å². The van der Waals surface area contributed by atoms with Gasteiger partial charge in [-0.05, 0) is 52.6 Å². The zero-order valence-electron chi connectivity index (χ0n) is 13.1. The van der Waals surface area contributed by atoms with E-state index < -0.39 is 5.54 Å². The first-order valence-electron chi connectivity index (χ1n) is 7.34. The van der Waals surface area contributed by atoms with Gasteiger partial charge in [0.15, 0.2) is 0 Å². The molecule has 0 amide bonds. The van der Waals surface area contributed by atoms with Gasteiger partial charge in [-0.1, -0.05) is 0 Å². The number of nitrogens with two attached hydrogens (primary N) is 1. The standard InChI is InChI=1S/C17H22N2O3S/c1-19-16-5-14(8-20)4-15(6-16)9-22-12-17(18,11-21)7-13-2-3-23-10-13/h2-6,8,10,19,21H,7,9,11-12,18H2,1H3. The molecule has 0 aliphatic carbocycles. The Kier molecular flexibility index (Phi) is 6.29. The molecule has 1 heterocycles. The molecular weight excluding hydrogens is 312 g/mol. The number of carbonyl (C=O) groups excluding carboxylic acids is 1. The van der Waals surface area contributed by atoms with Gasteiger partial charge >= 0.3 is 0 Å². The molecule has 1 unspecified atom stereocenters. The molecule has 2 aromatic rings. The van der Waals surface area contributed by atoms with E-state index in [1.165, 1.54) is 0 Å². The number of aldehydes is 1. The van der Waals surface area contributed by atoms with Crippen molar-refractivity contribution in [1.82, 2.24) is 0 Å². The van der Waals surface area contributed by atoms with Crippen LogP contribution in [0.3, 0.4) is 0 Å². The van der Waals surface area contributed by atoms with Crippen LogP contribution in [0.15, 0.2) is 35.0 Å². The number of aliphatic hydroxyl groups excluding tert-OH is 1. The molecule has 0 bridgehead atoms. The van der Waals surface area contributed by atoms with Crippen molar-refractivity contribution in [2.45, 2.75) is 18.6 Å². The molecule has 0 radical (unpaired) electrons. The van der Waals surface area contributed by atoms with Crippen molar-refractivity contribution < 1.29 is 14.6 Å². The van der Waals surface area contributed by atoms with Crippen LogP contribution in [0, 0.1) is 0 Å². The second kappa shape index (κ2) is 8.21. The quantitative estimate of drug-likeness (QED) is 0.611. The number of rotatable bonds is 9. The van der Waals surface area contributed by atoms with Crippen LogP contribution in [0.4, 0.5) is 5.69 Å². The topological polar surface area (TPSA) is 84.6 Å². The van der Waals surface area contributed by atoms with Gasteiger partial charge < -0.3 is 20.9 Å². The largest absolute Gasteiger partial charge is 0.394 e. The van der Waals surface area contributed by atoms with Crippen molar-refractivity contribution in [1.29, 1.82) is 0 Å². The highest BCUT2D eigenvalue weighted by atomic mass is 32.1. The summed E-state index contributed by atoms with van der Waals surface area (Å²) in [5.74, 6) is 0. The predicted molar refractivity (Wildman–Crippen MR) is 93.1 cm³/mol. The number of hydrogen-bond donors (Lipinski definition) is 3. The van der Waals surface area contributed by atoms with Crippen LogP contribution in [0.25, 0.3) is 0 Å². The van der Waals surface area contributed by atoms with Crippen LogP contribution in [0.2, 0.25) is 0 Å². The fourth-order valence-electron chi connectivity index (χ4n) is 2.34. The summed E-state index contributed by atoms with van der Waals surface area (Å²) in [4.78, 5) is 11.0. The maximum Gasteiger partial charge on any atom is 0.150 e. The lowest BCUT2D eigenvalue weighted by Crippen LogP contribution is -2.50. The van der Waals surface area contributed by atoms with E-state index in [2.05, 4.69) is 5.32 Å². The van der Waals surface area contributed by atoms with E-state index in [1.807, 2.05) is 22.9 Å². The highest BCUT2D eigenvalue weighted by molar-refractivity contribution is 7.07. The van der Waals surface area contributed by atoms with Crippen LogP contribution in [0.5, 0.6) is 0 Å². The summed E-state index contributed by atoms with van der Waals surface area (Å²) in [7, 11) is 1.80. The molecule has 1 aromatic carbocycles. The van der Waals surface area contributed by atoms with E-state index in [9.17, 15) is 9.90 Å². The van der Waals surface area contributed by atoms with Crippen LogP contribution in [-0.4, -0.2) is 37.2 Å². The molecule has 124 valence electrons. The first-order valence-corrected chi connectivity index (χ1v) is 8.28. The van der Waals surface area contributed by atoms with Gasteiger partial charge in [-0.15, -0.1) is 0 Å². The molecule has 0 saturated heterocycles. The van der Waals surface area contributed by atoms with Crippen molar-refractivity contribution >= 4 is 23.3 Å². The van der Waals surface area contributed by atoms with Crippen molar-refractivity contribution in [3.8, 4) is 0 Å². The first-order chi connectivity index (χ1) is 11.1. The molecule has 1 aromatic heterocycles. The average Bonchev–Trinajstić information content (AvgIpc) is 3.07. The molecule has 0 aliphatic rings. The summed E-state index contributed by atoms with van der Waals surface area (Å²) in [5, 5.41) is 16.6. The minimum atomic E-state index is -0.810. The van der Waals surface area contributed by atoms with E-state index in [-0.39, 0.29) is 13.2 Å². The van der Waals surface area contributed by atoms with E-state index in [4.69, 9.17) is 10.5 Å². The van der Waals surface area contributed by atoms with Crippen molar-refractivity contribution in [2.24, 2.45) is 5.73 Å². The van der Waals surface area contributed by atoms with E-state index in [1.54, 1.807) is 30.5 Å². The maximum atomic E-state index is 11.0. The fraction of sp³-hybridized carbons (Fsp3) is 0.353. The first kappa shape index (κ1) is 17.6. The number of nitrogens with one attached hydrogen (secondary N) is 1. The Balaban J connectivity index is 1.96. The number of thiophene rings is 1. The molecule has 0 saturated carbocycles. The summed E-state index contributed by atoms with van der Waals surface area (Å²) in [6.07, 6.45) is 1.37. The number of hydrogen-bond acceptors (Lipinski definition) is 6. The van der Waals surface area contributed by atoms with Crippen LogP contribution in [-0.2, 0) is 17.8 Å². The average molecular weight is 334 g/mol. The van der Waals surface area contributed by atoms with Gasteiger partial charge in [-0.2, -0.15) is 11.3 Å². The van der Waals surface area contributed by atoms with Gasteiger partial charge in [0.25, 0.3) is 0 Å². The monoisotopic (exact) mass is 334 g/mol. The lowest BCUT2D eigenvalue weighted by atomic mass is 9.95. The fourth-order valence-corrected chi connectivity index (χ4v) is 3.01. The molecule has 0 spiro atoms.